The maximum absolute atomic E-state index is 13.6. The number of aliphatic hydroxyl groups excluding tert-OH is 1. The summed E-state index contributed by atoms with van der Waals surface area (Å²) in [6.45, 7) is 0.197. The molecule has 0 saturated heterocycles. The van der Waals surface area contributed by atoms with Crippen LogP contribution >= 0.6 is 0 Å². The van der Waals surface area contributed by atoms with Gasteiger partial charge in [-0.3, -0.25) is 9.59 Å². The van der Waals surface area contributed by atoms with E-state index in [1.54, 1.807) is 24.3 Å². The van der Waals surface area contributed by atoms with Crippen molar-refractivity contribution in [1.82, 2.24) is 15.0 Å². The van der Waals surface area contributed by atoms with E-state index in [1.807, 2.05) is 0 Å². The predicted molar refractivity (Wildman–Crippen MR) is 128 cm³/mol. The lowest BCUT2D eigenvalue weighted by Crippen LogP contribution is -2.26. The number of nitrogen functional groups attached to an aromatic ring is 1. The molecule has 1 saturated carbocycles. The second kappa shape index (κ2) is 10.1. The van der Waals surface area contributed by atoms with E-state index in [0.29, 0.717) is 29.9 Å². The van der Waals surface area contributed by atoms with Crippen molar-refractivity contribution in [1.29, 1.82) is 0 Å². The molecule has 3 aromatic rings. The van der Waals surface area contributed by atoms with Crippen molar-refractivity contribution >= 4 is 11.8 Å². The molecule has 1 fully saturated rings. The number of nitrogens with two attached hydrogens (primary N) is 2. The van der Waals surface area contributed by atoms with Gasteiger partial charge in [0.15, 0.2) is 5.69 Å². The minimum atomic E-state index is -0.683. The third-order valence-corrected chi connectivity index (χ3v) is 6.32. The molecule has 35 heavy (non-hydrogen) atoms. The molecule has 0 radical (unpaired) electrons. The van der Waals surface area contributed by atoms with E-state index in [4.69, 9.17) is 16.3 Å². The first kappa shape index (κ1) is 24.2. The van der Waals surface area contributed by atoms with E-state index in [9.17, 15) is 19.1 Å². The molecular weight excluding hydrogens is 453 g/mol. The molecule has 184 valence electrons. The Morgan fingerprint density at radius 1 is 1.17 bits per heavy atom. The molecular formula is C25H28FN5O4. The molecule has 0 spiro atoms. The van der Waals surface area contributed by atoms with Crippen molar-refractivity contribution in [2.45, 2.75) is 44.2 Å². The number of carbonyl (C=O) groups excluding carboxylic acids is 2. The maximum Gasteiger partial charge on any atom is 0.269 e. The Morgan fingerprint density at radius 3 is 2.49 bits per heavy atom. The van der Waals surface area contributed by atoms with Crippen molar-refractivity contribution < 1.29 is 23.8 Å². The number of benzene rings is 2. The van der Waals surface area contributed by atoms with Crippen molar-refractivity contribution in [3.8, 4) is 17.0 Å². The predicted octanol–water partition coefficient (Wildman–Crippen LogP) is 2.46. The molecule has 0 atom stereocenters. The Labute approximate surface area is 201 Å². The van der Waals surface area contributed by atoms with Gasteiger partial charge in [-0.2, -0.15) is 0 Å². The topological polar surface area (TPSA) is 145 Å². The fourth-order valence-corrected chi connectivity index (χ4v) is 4.42. The number of aliphatic hydroxyl groups is 1. The lowest BCUT2D eigenvalue weighted by Gasteiger charge is -2.24. The summed E-state index contributed by atoms with van der Waals surface area (Å²) in [4.78, 5) is 29.4. The largest absolute Gasteiger partial charge is 0.496 e. The number of hydrogen-bond donors (Lipinski definition) is 4. The average Bonchev–Trinajstić information content (AvgIpc) is 3.20. The van der Waals surface area contributed by atoms with E-state index in [0.717, 1.165) is 24.5 Å². The van der Waals surface area contributed by atoms with Gasteiger partial charge in [0.25, 0.3) is 11.8 Å². The minimum absolute atomic E-state index is 0.0320. The van der Waals surface area contributed by atoms with Gasteiger partial charge in [0.05, 0.1) is 18.8 Å². The first-order chi connectivity index (χ1) is 16.8. The number of hydrogen-bond acceptors (Lipinski definition) is 6. The summed E-state index contributed by atoms with van der Waals surface area (Å²) in [5.41, 5.74) is 7.66. The van der Waals surface area contributed by atoms with Crippen LogP contribution in [0.15, 0.2) is 42.5 Å². The van der Waals surface area contributed by atoms with Crippen LogP contribution in [0.1, 0.15) is 63.8 Å². The zero-order chi connectivity index (χ0) is 25.1. The molecule has 1 heterocycles. The summed E-state index contributed by atoms with van der Waals surface area (Å²) < 4.78 is 20.0. The Kier molecular flexibility index (Phi) is 7.02. The number of nitrogens with one attached hydrogen (secondary N) is 1. The summed E-state index contributed by atoms with van der Waals surface area (Å²) >= 11 is 0. The zero-order valence-electron chi connectivity index (χ0n) is 19.3. The van der Waals surface area contributed by atoms with Crippen molar-refractivity contribution in [2.75, 3.05) is 13.0 Å². The number of nitrogens with zero attached hydrogens (tertiary/aromatic N) is 2. The number of primary amides is 1. The SMILES string of the molecule is COc1ccc(F)cc1C(=O)NCc1ccc(-c2nc(C3CCC(O)CC3)n(N)c2C(N)=O)cc1. The van der Waals surface area contributed by atoms with Crippen LogP contribution in [0.4, 0.5) is 4.39 Å². The highest BCUT2D eigenvalue weighted by atomic mass is 19.1. The monoisotopic (exact) mass is 481 g/mol. The van der Waals surface area contributed by atoms with E-state index in [2.05, 4.69) is 10.3 Å². The van der Waals surface area contributed by atoms with E-state index in [-0.39, 0.29) is 35.6 Å². The summed E-state index contributed by atoms with van der Waals surface area (Å²) in [5.74, 6) is 5.41. The van der Waals surface area contributed by atoms with Gasteiger partial charge in [0, 0.05) is 18.0 Å². The second-order valence-electron chi connectivity index (χ2n) is 8.63. The van der Waals surface area contributed by atoms with Crippen LogP contribution in [0.3, 0.4) is 0 Å². The van der Waals surface area contributed by atoms with Crippen LogP contribution in [0.25, 0.3) is 11.3 Å². The molecule has 6 N–H and O–H groups in total. The third-order valence-electron chi connectivity index (χ3n) is 6.32. The lowest BCUT2D eigenvalue weighted by atomic mass is 9.87. The van der Waals surface area contributed by atoms with Crippen LogP contribution in [-0.2, 0) is 6.54 Å². The molecule has 0 aliphatic heterocycles. The highest BCUT2D eigenvalue weighted by molar-refractivity contribution is 5.98. The van der Waals surface area contributed by atoms with Gasteiger partial charge >= 0.3 is 0 Å². The van der Waals surface area contributed by atoms with Crippen LogP contribution in [-0.4, -0.2) is 39.8 Å². The molecule has 1 aliphatic carbocycles. The number of imidazole rings is 1. The number of amides is 2. The maximum atomic E-state index is 13.6. The minimum Gasteiger partial charge on any atom is -0.496 e. The molecule has 2 aromatic carbocycles. The highest BCUT2D eigenvalue weighted by Gasteiger charge is 2.29. The number of methoxy groups -OCH3 is 1. The molecule has 2 amide bonds. The molecule has 1 aliphatic rings. The summed E-state index contributed by atoms with van der Waals surface area (Å²) in [6, 6.07) is 10.9. The Morgan fingerprint density at radius 2 is 1.86 bits per heavy atom. The van der Waals surface area contributed by atoms with E-state index < -0.39 is 17.6 Å². The first-order valence-electron chi connectivity index (χ1n) is 11.3. The van der Waals surface area contributed by atoms with Crippen LogP contribution in [0.2, 0.25) is 0 Å². The quantitative estimate of drug-likeness (QED) is 0.382. The first-order valence-corrected chi connectivity index (χ1v) is 11.3. The molecule has 9 nitrogen and oxygen atoms in total. The number of ether oxygens (including phenoxy) is 1. The Bertz CT molecular complexity index is 1230. The standard InChI is InChI=1S/C25H28FN5O4/c1-35-20-11-8-17(26)12-19(20)25(34)29-13-14-2-4-15(5-3-14)21-22(23(27)33)31(28)24(30-21)16-6-9-18(32)10-7-16/h2-5,8,11-12,16,18,32H,6-7,9-10,13,28H2,1H3,(H2,27,33)(H,29,34). The number of carbonyl (C=O) groups is 2. The van der Waals surface area contributed by atoms with Crippen LogP contribution < -0.4 is 21.6 Å². The van der Waals surface area contributed by atoms with E-state index >= 15 is 0 Å². The smallest absolute Gasteiger partial charge is 0.269 e. The fourth-order valence-electron chi connectivity index (χ4n) is 4.42. The lowest BCUT2D eigenvalue weighted by molar-refractivity contribution is 0.0946. The van der Waals surface area contributed by atoms with Gasteiger partial charge < -0.3 is 26.7 Å². The second-order valence-corrected chi connectivity index (χ2v) is 8.63. The van der Waals surface area contributed by atoms with Gasteiger partial charge in [0.1, 0.15) is 23.1 Å². The molecule has 0 unspecified atom stereocenters. The zero-order valence-corrected chi connectivity index (χ0v) is 19.3. The number of rotatable bonds is 7. The summed E-state index contributed by atoms with van der Waals surface area (Å²) in [5, 5.41) is 12.5. The molecule has 4 rings (SSSR count). The summed E-state index contributed by atoms with van der Waals surface area (Å²) in [6.07, 6.45) is 2.43. The Hall–Kier alpha value is -3.92. The van der Waals surface area contributed by atoms with Crippen LogP contribution in [0.5, 0.6) is 5.75 Å². The molecule has 10 heteroatoms. The van der Waals surface area contributed by atoms with Gasteiger partial charge in [-0.1, -0.05) is 24.3 Å². The molecule has 0 bridgehead atoms. The van der Waals surface area contributed by atoms with Gasteiger partial charge in [-0.05, 0) is 49.4 Å². The average molecular weight is 482 g/mol. The van der Waals surface area contributed by atoms with Gasteiger partial charge in [-0.25, -0.2) is 14.1 Å². The van der Waals surface area contributed by atoms with Gasteiger partial charge in [-0.15, -0.1) is 0 Å². The van der Waals surface area contributed by atoms with Crippen molar-refractivity contribution in [3.63, 3.8) is 0 Å². The van der Waals surface area contributed by atoms with Crippen molar-refractivity contribution in [2.24, 2.45) is 5.73 Å². The van der Waals surface area contributed by atoms with Gasteiger partial charge in [0.2, 0.25) is 0 Å². The van der Waals surface area contributed by atoms with E-state index in [1.165, 1.54) is 23.9 Å². The molecule has 1 aromatic heterocycles. The van der Waals surface area contributed by atoms with Crippen molar-refractivity contribution in [3.05, 3.63) is 70.9 Å². The summed E-state index contributed by atoms with van der Waals surface area (Å²) in [7, 11) is 1.41. The number of halogens is 1. The normalized spacial score (nSPS) is 17.7. The number of aromatic nitrogens is 2. The highest BCUT2D eigenvalue weighted by Crippen LogP contribution is 2.34. The fraction of sp³-hybridized carbons (Fsp3) is 0.320. The Balaban J connectivity index is 1.52. The third kappa shape index (κ3) is 5.12. The van der Waals surface area contributed by atoms with Crippen LogP contribution in [0, 0.1) is 5.82 Å².